The molecule has 0 saturated heterocycles. The van der Waals surface area contributed by atoms with Gasteiger partial charge in [-0.1, -0.05) is 6.07 Å². The van der Waals surface area contributed by atoms with Crippen LogP contribution >= 0.6 is 0 Å². The predicted octanol–water partition coefficient (Wildman–Crippen LogP) is 1.65. The lowest BCUT2D eigenvalue weighted by atomic mass is 9.79. The molecule has 1 aromatic carbocycles. The van der Waals surface area contributed by atoms with E-state index in [1.54, 1.807) is 18.2 Å². The van der Waals surface area contributed by atoms with Gasteiger partial charge in [0, 0.05) is 12.3 Å². The maximum absolute atomic E-state index is 12.3. The quantitative estimate of drug-likeness (QED) is 0.866. The van der Waals surface area contributed by atoms with E-state index in [1.165, 1.54) is 0 Å². The van der Waals surface area contributed by atoms with Crippen LogP contribution in [0.25, 0.3) is 0 Å². The SMILES string of the molecule is NS(=O)(=O)Nc1ccc2c(c1)CCC(=O)[C@@H]2CCCF. The van der Waals surface area contributed by atoms with E-state index in [0.717, 1.165) is 11.1 Å². The first-order chi connectivity index (χ1) is 9.40. The van der Waals surface area contributed by atoms with Crippen molar-refractivity contribution in [1.82, 2.24) is 0 Å². The highest BCUT2D eigenvalue weighted by molar-refractivity contribution is 7.90. The first-order valence-corrected chi connectivity index (χ1v) is 7.97. The Hall–Kier alpha value is -1.47. The topological polar surface area (TPSA) is 89.3 Å². The van der Waals surface area contributed by atoms with Crippen molar-refractivity contribution in [3.05, 3.63) is 29.3 Å². The molecule has 0 bridgehead atoms. The van der Waals surface area contributed by atoms with Crippen molar-refractivity contribution in [3.8, 4) is 0 Å². The maximum Gasteiger partial charge on any atom is 0.296 e. The molecule has 0 amide bonds. The van der Waals surface area contributed by atoms with Crippen LogP contribution in [0.5, 0.6) is 0 Å². The van der Waals surface area contributed by atoms with Crippen LogP contribution in [-0.4, -0.2) is 20.9 Å². The molecular weight excluding hydrogens is 283 g/mol. The van der Waals surface area contributed by atoms with Crippen molar-refractivity contribution in [1.29, 1.82) is 0 Å². The summed E-state index contributed by atoms with van der Waals surface area (Å²) < 4.78 is 36.5. The van der Waals surface area contributed by atoms with Crippen molar-refractivity contribution in [2.75, 3.05) is 11.4 Å². The van der Waals surface area contributed by atoms with Crippen LogP contribution in [0.3, 0.4) is 0 Å². The molecular formula is C13H17FN2O3S. The van der Waals surface area contributed by atoms with E-state index in [-0.39, 0.29) is 11.7 Å². The summed E-state index contributed by atoms with van der Waals surface area (Å²) in [4.78, 5) is 11.9. The Morgan fingerprint density at radius 2 is 2.10 bits per heavy atom. The molecule has 0 radical (unpaired) electrons. The average molecular weight is 300 g/mol. The molecule has 1 atom stereocenters. The normalized spacial score (nSPS) is 18.7. The van der Waals surface area contributed by atoms with Gasteiger partial charge >= 0.3 is 0 Å². The van der Waals surface area contributed by atoms with Gasteiger partial charge in [0.15, 0.2) is 0 Å². The Kier molecular flexibility index (Phi) is 4.39. The summed E-state index contributed by atoms with van der Waals surface area (Å²) >= 11 is 0. The zero-order chi connectivity index (χ0) is 14.8. The van der Waals surface area contributed by atoms with E-state index in [2.05, 4.69) is 4.72 Å². The number of aryl methyl sites for hydroxylation is 1. The van der Waals surface area contributed by atoms with Gasteiger partial charge in [-0.3, -0.25) is 13.9 Å². The monoisotopic (exact) mass is 300 g/mol. The predicted molar refractivity (Wildman–Crippen MR) is 74.4 cm³/mol. The first-order valence-electron chi connectivity index (χ1n) is 6.43. The number of carbonyl (C=O) groups is 1. The number of carbonyl (C=O) groups excluding carboxylic acids is 1. The number of fused-ring (bicyclic) bond motifs is 1. The maximum atomic E-state index is 12.3. The molecule has 0 aromatic heterocycles. The molecule has 7 heteroatoms. The number of benzene rings is 1. The van der Waals surface area contributed by atoms with Crippen molar-refractivity contribution in [3.63, 3.8) is 0 Å². The molecule has 20 heavy (non-hydrogen) atoms. The standard InChI is InChI=1S/C13H17FN2O3S/c14-7-1-2-12-11-5-4-10(16-20(15,18)19)8-9(11)3-6-13(12)17/h4-5,8,12,16H,1-3,6-7H2,(H2,15,18,19)/t12-/m1/s1. The number of hydrogen-bond acceptors (Lipinski definition) is 3. The van der Waals surface area contributed by atoms with Gasteiger partial charge in [-0.15, -0.1) is 0 Å². The van der Waals surface area contributed by atoms with Crippen LogP contribution in [0.4, 0.5) is 10.1 Å². The van der Waals surface area contributed by atoms with E-state index >= 15 is 0 Å². The Labute approximate surface area is 117 Å². The Bertz CT molecular complexity index is 616. The number of Topliss-reactive ketones (excluding diaryl/α,β-unsaturated/α-hetero) is 1. The molecule has 1 aromatic rings. The number of nitrogens with two attached hydrogens (primary N) is 1. The van der Waals surface area contributed by atoms with E-state index in [1.807, 2.05) is 0 Å². The van der Waals surface area contributed by atoms with Gasteiger partial charge < -0.3 is 0 Å². The zero-order valence-corrected chi connectivity index (χ0v) is 11.7. The highest BCUT2D eigenvalue weighted by Gasteiger charge is 2.27. The fourth-order valence-corrected chi connectivity index (χ4v) is 3.05. The van der Waals surface area contributed by atoms with Crippen molar-refractivity contribution >= 4 is 21.7 Å². The smallest absolute Gasteiger partial charge is 0.296 e. The summed E-state index contributed by atoms with van der Waals surface area (Å²) in [6.45, 7) is -0.440. The summed E-state index contributed by atoms with van der Waals surface area (Å²) in [7, 11) is -3.81. The summed E-state index contributed by atoms with van der Waals surface area (Å²) in [6, 6.07) is 4.99. The molecule has 110 valence electrons. The molecule has 0 saturated carbocycles. The second-order valence-electron chi connectivity index (χ2n) is 4.91. The molecule has 0 fully saturated rings. The second kappa shape index (κ2) is 5.88. The molecule has 0 heterocycles. The van der Waals surface area contributed by atoms with Crippen LogP contribution in [0, 0.1) is 0 Å². The number of anilines is 1. The molecule has 5 nitrogen and oxygen atoms in total. The third-order valence-corrected chi connectivity index (χ3v) is 3.95. The fraction of sp³-hybridized carbons (Fsp3) is 0.462. The van der Waals surface area contributed by atoms with E-state index in [4.69, 9.17) is 5.14 Å². The van der Waals surface area contributed by atoms with Gasteiger partial charge in [0.05, 0.1) is 12.4 Å². The van der Waals surface area contributed by atoms with Gasteiger partial charge in [0.1, 0.15) is 5.78 Å². The second-order valence-corrected chi connectivity index (χ2v) is 6.20. The zero-order valence-electron chi connectivity index (χ0n) is 10.9. The number of ketones is 1. The largest absolute Gasteiger partial charge is 0.299 e. The Balaban J connectivity index is 2.28. The summed E-state index contributed by atoms with van der Waals surface area (Å²) in [5.41, 5.74) is 2.17. The highest BCUT2D eigenvalue weighted by Crippen LogP contribution is 2.34. The number of rotatable bonds is 5. The van der Waals surface area contributed by atoms with Crippen molar-refractivity contribution in [2.45, 2.75) is 31.6 Å². The lowest BCUT2D eigenvalue weighted by Gasteiger charge is -2.24. The molecule has 0 aliphatic heterocycles. The van der Waals surface area contributed by atoms with Gasteiger partial charge in [-0.05, 0) is 42.5 Å². The van der Waals surface area contributed by atoms with Crippen LogP contribution in [0.2, 0.25) is 0 Å². The van der Waals surface area contributed by atoms with E-state index in [0.29, 0.717) is 31.4 Å². The molecule has 1 aliphatic carbocycles. The third kappa shape index (κ3) is 3.55. The molecule has 2 rings (SSSR count). The number of halogens is 1. The number of alkyl halides is 1. The van der Waals surface area contributed by atoms with E-state index < -0.39 is 16.9 Å². The first kappa shape index (κ1) is 14.9. The van der Waals surface area contributed by atoms with Gasteiger partial charge in [0.2, 0.25) is 0 Å². The lowest BCUT2D eigenvalue weighted by molar-refractivity contribution is -0.121. The Morgan fingerprint density at radius 1 is 1.35 bits per heavy atom. The minimum atomic E-state index is -3.81. The summed E-state index contributed by atoms with van der Waals surface area (Å²) in [6.07, 6.45) is 1.82. The molecule has 1 aliphatic rings. The van der Waals surface area contributed by atoms with Crippen molar-refractivity contribution < 1.29 is 17.6 Å². The van der Waals surface area contributed by atoms with Gasteiger partial charge in [-0.2, -0.15) is 8.42 Å². The van der Waals surface area contributed by atoms with Crippen LogP contribution in [0.1, 0.15) is 36.3 Å². The van der Waals surface area contributed by atoms with Crippen LogP contribution < -0.4 is 9.86 Å². The molecule has 3 N–H and O–H groups in total. The minimum Gasteiger partial charge on any atom is -0.299 e. The highest BCUT2D eigenvalue weighted by atomic mass is 32.2. The number of hydrogen-bond donors (Lipinski definition) is 2. The average Bonchev–Trinajstić information content (AvgIpc) is 2.36. The van der Waals surface area contributed by atoms with Crippen LogP contribution in [-0.2, 0) is 21.4 Å². The lowest BCUT2D eigenvalue weighted by Crippen LogP contribution is -2.23. The number of nitrogens with one attached hydrogen (secondary N) is 1. The molecule has 0 unspecified atom stereocenters. The minimum absolute atomic E-state index is 0.123. The summed E-state index contributed by atoms with van der Waals surface area (Å²) in [5, 5.41) is 4.92. The third-order valence-electron chi connectivity index (χ3n) is 3.43. The molecule has 0 spiro atoms. The van der Waals surface area contributed by atoms with Gasteiger partial charge in [-0.25, -0.2) is 5.14 Å². The summed E-state index contributed by atoms with van der Waals surface area (Å²) in [5.74, 6) is -0.156. The van der Waals surface area contributed by atoms with E-state index in [9.17, 15) is 17.6 Å². The Morgan fingerprint density at radius 3 is 2.75 bits per heavy atom. The van der Waals surface area contributed by atoms with Gasteiger partial charge in [0.25, 0.3) is 10.2 Å². The van der Waals surface area contributed by atoms with Crippen LogP contribution in [0.15, 0.2) is 18.2 Å². The van der Waals surface area contributed by atoms with Crippen molar-refractivity contribution in [2.24, 2.45) is 5.14 Å². The fourth-order valence-electron chi connectivity index (χ4n) is 2.59.